The van der Waals surface area contributed by atoms with Crippen molar-refractivity contribution >= 4 is 33.5 Å². The molecule has 0 unspecified atom stereocenters. The highest BCUT2D eigenvalue weighted by atomic mass is 79.9. The Labute approximate surface area is 118 Å². The summed E-state index contributed by atoms with van der Waals surface area (Å²) in [5, 5.41) is 0. The number of Topliss-reactive ketones (excluding diaryl/α,β-unsaturated/α-hetero) is 1. The van der Waals surface area contributed by atoms with E-state index in [-0.39, 0.29) is 11.6 Å². The number of ketones is 1. The van der Waals surface area contributed by atoms with Crippen molar-refractivity contribution in [3.63, 3.8) is 0 Å². The lowest BCUT2D eigenvalue weighted by Gasteiger charge is -2.08. The van der Waals surface area contributed by atoms with Gasteiger partial charge in [0.2, 0.25) is 0 Å². The lowest BCUT2D eigenvalue weighted by molar-refractivity contribution is 0.101. The number of rotatable bonds is 3. The van der Waals surface area contributed by atoms with Gasteiger partial charge >= 0.3 is 0 Å². The van der Waals surface area contributed by atoms with Crippen LogP contribution in [0.4, 0.5) is 4.39 Å². The van der Waals surface area contributed by atoms with E-state index < -0.39 is 0 Å². The minimum atomic E-state index is -0.281. The molecule has 0 fully saturated rings. The van der Waals surface area contributed by atoms with E-state index in [1.165, 1.54) is 24.8 Å². The summed E-state index contributed by atoms with van der Waals surface area (Å²) in [4.78, 5) is 12.8. The molecule has 18 heavy (non-hydrogen) atoms. The van der Waals surface area contributed by atoms with Crippen LogP contribution < -0.4 is 0 Å². The molecule has 0 aromatic heterocycles. The molecular formula is C14H10BrFOS. The van der Waals surface area contributed by atoms with Crippen molar-refractivity contribution in [2.24, 2.45) is 0 Å². The van der Waals surface area contributed by atoms with Crippen LogP contribution in [0.25, 0.3) is 0 Å². The average molecular weight is 325 g/mol. The van der Waals surface area contributed by atoms with E-state index in [2.05, 4.69) is 15.9 Å². The van der Waals surface area contributed by atoms with Gasteiger partial charge in [-0.1, -0.05) is 39.8 Å². The predicted molar refractivity (Wildman–Crippen MR) is 74.7 cm³/mol. The molecule has 0 radical (unpaired) electrons. The molecule has 0 atom stereocenters. The Balaban J connectivity index is 2.42. The Hall–Kier alpha value is -1.13. The van der Waals surface area contributed by atoms with Gasteiger partial charge in [-0.2, -0.15) is 0 Å². The number of carbonyl (C=O) groups excluding carboxylic acids is 1. The summed E-state index contributed by atoms with van der Waals surface area (Å²) in [6.07, 6.45) is 0. The van der Waals surface area contributed by atoms with Crippen molar-refractivity contribution in [3.05, 3.63) is 58.3 Å². The van der Waals surface area contributed by atoms with Gasteiger partial charge in [-0.3, -0.25) is 4.79 Å². The standard InChI is InChI=1S/C14H10BrFOS/c1-9(17)11-7-6-10(15)8-14(11)18-13-5-3-2-4-12(13)16/h2-8H,1H3. The first kappa shape index (κ1) is 13.3. The van der Waals surface area contributed by atoms with E-state index in [1.807, 2.05) is 12.1 Å². The summed E-state index contributed by atoms with van der Waals surface area (Å²) in [5.41, 5.74) is 0.603. The van der Waals surface area contributed by atoms with Crippen LogP contribution in [0.1, 0.15) is 17.3 Å². The molecule has 0 aliphatic rings. The molecular weight excluding hydrogens is 315 g/mol. The van der Waals surface area contributed by atoms with Crippen LogP contribution >= 0.6 is 27.7 Å². The Kier molecular flexibility index (Phi) is 4.19. The first-order valence-electron chi connectivity index (χ1n) is 5.31. The Bertz CT molecular complexity index is 598. The van der Waals surface area contributed by atoms with Gasteiger partial charge in [-0.15, -0.1) is 0 Å². The second-order valence-electron chi connectivity index (χ2n) is 3.73. The van der Waals surface area contributed by atoms with E-state index in [0.29, 0.717) is 10.5 Å². The molecule has 2 aromatic carbocycles. The molecule has 0 aliphatic carbocycles. The summed E-state index contributed by atoms with van der Waals surface area (Å²) in [5.74, 6) is -0.307. The maximum atomic E-state index is 13.6. The topological polar surface area (TPSA) is 17.1 Å². The molecule has 0 aliphatic heterocycles. The van der Waals surface area contributed by atoms with Crippen molar-refractivity contribution in [3.8, 4) is 0 Å². The highest BCUT2D eigenvalue weighted by molar-refractivity contribution is 9.10. The van der Waals surface area contributed by atoms with Crippen LogP contribution in [-0.4, -0.2) is 5.78 Å². The first-order chi connectivity index (χ1) is 8.58. The van der Waals surface area contributed by atoms with E-state index in [9.17, 15) is 9.18 Å². The van der Waals surface area contributed by atoms with Crippen LogP contribution in [-0.2, 0) is 0 Å². The van der Waals surface area contributed by atoms with Gasteiger partial charge in [0, 0.05) is 19.8 Å². The fourth-order valence-corrected chi connectivity index (χ4v) is 3.09. The Morgan fingerprint density at radius 2 is 1.89 bits per heavy atom. The lowest BCUT2D eigenvalue weighted by Crippen LogP contribution is -1.95. The highest BCUT2D eigenvalue weighted by Crippen LogP contribution is 2.34. The van der Waals surface area contributed by atoms with E-state index in [1.54, 1.807) is 24.3 Å². The molecule has 2 aromatic rings. The average Bonchev–Trinajstić information content (AvgIpc) is 2.32. The fraction of sp³-hybridized carbons (Fsp3) is 0.0714. The van der Waals surface area contributed by atoms with Crippen molar-refractivity contribution in [1.82, 2.24) is 0 Å². The summed E-state index contributed by atoms with van der Waals surface area (Å²) < 4.78 is 14.5. The summed E-state index contributed by atoms with van der Waals surface area (Å²) >= 11 is 4.62. The normalized spacial score (nSPS) is 10.4. The predicted octanol–water partition coefficient (Wildman–Crippen LogP) is 4.94. The molecule has 0 spiro atoms. The Morgan fingerprint density at radius 3 is 2.56 bits per heavy atom. The summed E-state index contributed by atoms with van der Waals surface area (Å²) in [6.45, 7) is 1.51. The van der Waals surface area contributed by atoms with Crippen LogP contribution in [0.2, 0.25) is 0 Å². The van der Waals surface area contributed by atoms with Crippen molar-refractivity contribution in [1.29, 1.82) is 0 Å². The quantitative estimate of drug-likeness (QED) is 0.744. The molecule has 0 heterocycles. The molecule has 4 heteroatoms. The van der Waals surface area contributed by atoms with Crippen LogP contribution in [0, 0.1) is 5.82 Å². The lowest BCUT2D eigenvalue weighted by atomic mass is 10.1. The van der Waals surface area contributed by atoms with Crippen molar-refractivity contribution in [2.75, 3.05) is 0 Å². The molecule has 0 bridgehead atoms. The number of benzene rings is 2. The van der Waals surface area contributed by atoms with Gasteiger partial charge in [-0.05, 0) is 37.3 Å². The molecule has 0 saturated heterocycles. The zero-order valence-electron chi connectivity index (χ0n) is 9.61. The zero-order chi connectivity index (χ0) is 13.1. The second-order valence-corrected chi connectivity index (χ2v) is 5.73. The zero-order valence-corrected chi connectivity index (χ0v) is 12.0. The maximum absolute atomic E-state index is 13.6. The van der Waals surface area contributed by atoms with Crippen LogP contribution in [0.3, 0.4) is 0 Å². The van der Waals surface area contributed by atoms with Crippen LogP contribution in [0.15, 0.2) is 56.7 Å². The number of hydrogen-bond donors (Lipinski definition) is 0. The van der Waals surface area contributed by atoms with Crippen molar-refractivity contribution in [2.45, 2.75) is 16.7 Å². The number of hydrogen-bond acceptors (Lipinski definition) is 2. The summed E-state index contributed by atoms with van der Waals surface area (Å²) in [7, 11) is 0. The molecule has 0 N–H and O–H groups in total. The largest absolute Gasteiger partial charge is 0.294 e. The van der Waals surface area contributed by atoms with Gasteiger partial charge in [-0.25, -0.2) is 4.39 Å². The minimum Gasteiger partial charge on any atom is -0.294 e. The maximum Gasteiger partial charge on any atom is 0.160 e. The minimum absolute atomic E-state index is 0.0265. The van der Waals surface area contributed by atoms with Gasteiger partial charge in [0.25, 0.3) is 0 Å². The van der Waals surface area contributed by atoms with Gasteiger partial charge in [0.1, 0.15) is 5.82 Å². The third-order valence-electron chi connectivity index (χ3n) is 2.38. The molecule has 92 valence electrons. The molecule has 2 rings (SSSR count). The van der Waals surface area contributed by atoms with Gasteiger partial charge in [0.05, 0.1) is 0 Å². The van der Waals surface area contributed by atoms with Gasteiger partial charge in [0.15, 0.2) is 5.78 Å². The third-order valence-corrected chi connectivity index (χ3v) is 3.98. The van der Waals surface area contributed by atoms with Crippen LogP contribution in [0.5, 0.6) is 0 Å². The number of halogens is 2. The molecule has 0 amide bonds. The smallest absolute Gasteiger partial charge is 0.160 e. The van der Waals surface area contributed by atoms with E-state index in [0.717, 1.165) is 9.37 Å². The third kappa shape index (κ3) is 3.00. The molecule has 0 saturated carbocycles. The van der Waals surface area contributed by atoms with Crippen molar-refractivity contribution < 1.29 is 9.18 Å². The monoisotopic (exact) mass is 324 g/mol. The number of carbonyl (C=O) groups is 1. The fourth-order valence-electron chi connectivity index (χ4n) is 1.52. The second kappa shape index (κ2) is 5.67. The SMILES string of the molecule is CC(=O)c1ccc(Br)cc1Sc1ccccc1F. The van der Waals surface area contributed by atoms with E-state index >= 15 is 0 Å². The molecule has 1 nitrogen and oxygen atoms in total. The summed E-state index contributed by atoms with van der Waals surface area (Å²) in [6, 6.07) is 11.9. The Morgan fingerprint density at radius 1 is 1.17 bits per heavy atom. The van der Waals surface area contributed by atoms with E-state index in [4.69, 9.17) is 0 Å². The van der Waals surface area contributed by atoms with Gasteiger partial charge < -0.3 is 0 Å². The highest BCUT2D eigenvalue weighted by Gasteiger charge is 2.11. The first-order valence-corrected chi connectivity index (χ1v) is 6.92.